The molecule has 2 heterocycles. The number of hydrogen-bond donors (Lipinski definition) is 2. The number of nitrogens with zero attached hydrogens (tertiary/aromatic N) is 4. The zero-order valence-corrected chi connectivity index (χ0v) is 17.2. The number of aromatic nitrogens is 4. The van der Waals surface area contributed by atoms with Gasteiger partial charge in [0.2, 0.25) is 0 Å². The summed E-state index contributed by atoms with van der Waals surface area (Å²) in [5, 5.41) is 15.7. The van der Waals surface area contributed by atoms with Crippen molar-refractivity contribution in [1.29, 1.82) is 0 Å². The Balaban J connectivity index is 1.45. The van der Waals surface area contributed by atoms with Crippen molar-refractivity contribution in [3.63, 3.8) is 0 Å². The fourth-order valence-electron chi connectivity index (χ4n) is 3.98. The summed E-state index contributed by atoms with van der Waals surface area (Å²) in [6.45, 7) is 2.33. The summed E-state index contributed by atoms with van der Waals surface area (Å²) in [4.78, 5) is 19.2. The predicted octanol–water partition coefficient (Wildman–Crippen LogP) is 3.98. The molecule has 4 rings (SSSR count). The highest BCUT2D eigenvalue weighted by Gasteiger charge is 2.23. The van der Waals surface area contributed by atoms with Crippen LogP contribution in [-0.2, 0) is 0 Å². The first-order valence-electron chi connectivity index (χ1n) is 10.2. The van der Waals surface area contributed by atoms with Crippen LogP contribution in [0.3, 0.4) is 0 Å². The van der Waals surface area contributed by atoms with E-state index in [0.29, 0.717) is 35.2 Å². The zero-order chi connectivity index (χ0) is 21.8. The van der Waals surface area contributed by atoms with Crippen molar-refractivity contribution in [3.8, 4) is 22.7 Å². The highest BCUT2D eigenvalue weighted by Crippen LogP contribution is 2.30. The maximum Gasteiger partial charge on any atom is 0.404 e. The number of aryl methyl sites for hydroxylation is 1. The van der Waals surface area contributed by atoms with Gasteiger partial charge in [-0.05, 0) is 50.2 Å². The monoisotopic (exact) mass is 425 g/mol. The van der Waals surface area contributed by atoms with E-state index in [1.54, 1.807) is 24.7 Å². The molecule has 0 atom stereocenters. The van der Waals surface area contributed by atoms with Crippen molar-refractivity contribution in [2.75, 3.05) is 6.61 Å². The highest BCUT2D eigenvalue weighted by atomic mass is 19.1. The van der Waals surface area contributed by atoms with Gasteiger partial charge in [-0.15, -0.1) is 0 Å². The van der Waals surface area contributed by atoms with Crippen LogP contribution in [-0.4, -0.2) is 43.6 Å². The molecule has 0 saturated heterocycles. The molecule has 2 N–H and O–H groups in total. The van der Waals surface area contributed by atoms with Crippen molar-refractivity contribution >= 4 is 6.09 Å². The first-order valence-corrected chi connectivity index (χ1v) is 10.2. The molecular weight excluding hydrogens is 401 g/mol. The van der Waals surface area contributed by atoms with Gasteiger partial charge in [-0.25, -0.2) is 23.8 Å². The second kappa shape index (κ2) is 9.11. The van der Waals surface area contributed by atoms with E-state index in [2.05, 4.69) is 20.4 Å². The third kappa shape index (κ3) is 4.82. The zero-order valence-electron chi connectivity index (χ0n) is 17.2. The van der Waals surface area contributed by atoms with Gasteiger partial charge in [0.25, 0.3) is 0 Å². The molecule has 0 unspecified atom stereocenters. The van der Waals surface area contributed by atoms with Crippen LogP contribution in [0.2, 0.25) is 0 Å². The number of carboxylic acid groups (broad SMARTS) is 1. The van der Waals surface area contributed by atoms with E-state index in [9.17, 15) is 9.18 Å². The average molecular weight is 425 g/mol. The first-order chi connectivity index (χ1) is 15.0. The van der Waals surface area contributed by atoms with Crippen LogP contribution < -0.4 is 10.1 Å². The van der Waals surface area contributed by atoms with E-state index < -0.39 is 6.09 Å². The molecule has 1 aliphatic carbocycles. The Labute approximate surface area is 179 Å². The summed E-state index contributed by atoms with van der Waals surface area (Å²) in [6, 6.07) is 4.92. The van der Waals surface area contributed by atoms with Crippen molar-refractivity contribution in [3.05, 3.63) is 54.5 Å². The largest absolute Gasteiger partial charge is 0.489 e. The molecule has 1 aromatic carbocycles. The topological polar surface area (TPSA) is 102 Å². The lowest BCUT2D eigenvalue weighted by Crippen LogP contribution is -2.37. The summed E-state index contributed by atoms with van der Waals surface area (Å²) in [5.74, 6) is 0.531. The summed E-state index contributed by atoms with van der Waals surface area (Å²) in [6.07, 6.45) is 8.81. The van der Waals surface area contributed by atoms with Gasteiger partial charge in [-0.3, -0.25) is 0 Å². The van der Waals surface area contributed by atoms with Gasteiger partial charge in [0, 0.05) is 17.8 Å². The van der Waals surface area contributed by atoms with Crippen molar-refractivity contribution < 1.29 is 19.0 Å². The van der Waals surface area contributed by atoms with Gasteiger partial charge in [0.05, 0.1) is 19.0 Å². The minimum Gasteiger partial charge on any atom is -0.489 e. The van der Waals surface area contributed by atoms with Crippen LogP contribution >= 0.6 is 0 Å². The first kappa shape index (κ1) is 20.8. The Morgan fingerprint density at radius 3 is 2.84 bits per heavy atom. The number of rotatable bonds is 6. The Hall–Kier alpha value is -3.49. The number of para-hydroxylation sites is 1. The predicted molar refractivity (Wildman–Crippen MR) is 112 cm³/mol. The lowest BCUT2D eigenvalue weighted by molar-refractivity contribution is 0.169. The third-order valence-corrected chi connectivity index (χ3v) is 5.60. The van der Waals surface area contributed by atoms with Crippen LogP contribution in [0.15, 0.2) is 43.1 Å². The van der Waals surface area contributed by atoms with Crippen molar-refractivity contribution in [1.82, 2.24) is 25.1 Å². The van der Waals surface area contributed by atoms with Gasteiger partial charge in [-0.2, -0.15) is 5.10 Å². The molecule has 1 aliphatic rings. The molecule has 31 heavy (non-hydrogen) atoms. The highest BCUT2D eigenvalue weighted by molar-refractivity contribution is 5.65. The minimum atomic E-state index is -0.975. The van der Waals surface area contributed by atoms with E-state index >= 15 is 0 Å². The molecule has 1 amide bonds. The fourth-order valence-corrected chi connectivity index (χ4v) is 3.98. The van der Waals surface area contributed by atoms with Crippen LogP contribution in [0.5, 0.6) is 5.75 Å². The molecule has 0 aliphatic heterocycles. The molecule has 8 nitrogen and oxygen atoms in total. The third-order valence-electron chi connectivity index (χ3n) is 5.60. The fraction of sp³-hybridized carbons (Fsp3) is 0.364. The maximum absolute atomic E-state index is 14.3. The number of amides is 1. The lowest BCUT2D eigenvalue weighted by atomic mass is 9.86. The number of nitrogens with one attached hydrogen (secondary N) is 1. The van der Waals surface area contributed by atoms with Crippen LogP contribution in [0, 0.1) is 18.7 Å². The second-order valence-electron chi connectivity index (χ2n) is 7.79. The summed E-state index contributed by atoms with van der Waals surface area (Å²) < 4.78 is 21.8. The molecule has 2 aromatic heterocycles. The average Bonchev–Trinajstić information content (AvgIpc) is 3.22. The Bertz CT molecular complexity index is 1040. The molecule has 162 valence electrons. The summed E-state index contributed by atoms with van der Waals surface area (Å²) in [7, 11) is 0. The molecule has 0 bridgehead atoms. The molecular formula is C22H24FN5O3. The maximum atomic E-state index is 14.3. The molecule has 1 fully saturated rings. The van der Waals surface area contributed by atoms with E-state index in [-0.39, 0.29) is 11.9 Å². The van der Waals surface area contributed by atoms with Gasteiger partial charge in [-0.1, -0.05) is 12.1 Å². The number of hydrogen-bond acceptors (Lipinski definition) is 5. The molecule has 1 saturated carbocycles. The Morgan fingerprint density at radius 1 is 1.29 bits per heavy atom. The summed E-state index contributed by atoms with van der Waals surface area (Å²) in [5.41, 5.74) is 2.48. The number of carbonyl (C=O) groups is 1. The number of ether oxygens (including phenoxy) is 1. The van der Waals surface area contributed by atoms with Crippen molar-refractivity contribution in [2.45, 2.75) is 38.6 Å². The van der Waals surface area contributed by atoms with Gasteiger partial charge in [0.15, 0.2) is 5.75 Å². The normalized spacial score (nSPS) is 18.5. The van der Waals surface area contributed by atoms with E-state index in [1.165, 1.54) is 17.1 Å². The van der Waals surface area contributed by atoms with Gasteiger partial charge < -0.3 is 15.2 Å². The smallest absolute Gasteiger partial charge is 0.404 e. The second-order valence-corrected chi connectivity index (χ2v) is 7.79. The van der Waals surface area contributed by atoms with Crippen LogP contribution in [0.4, 0.5) is 9.18 Å². The number of benzene rings is 1. The van der Waals surface area contributed by atoms with E-state index in [4.69, 9.17) is 9.84 Å². The van der Waals surface area contributed by atoms with E-state index in [1.807, 2.05) is 13.0 Å². The van der Waals surface area contributed by atoms with Crippen LogP contribution in [0.25, 0.3) is 16.9 Å². The van der Waals surface area contributed by atoms with Crippen molar-refractivity contribution in [2.24, 2.45) is 5.92 Å². The van der Waals surface area contributed by atoms with Gasteiger partial charge in [0.1, 0.15) is 23.5 Å². The molecule has 9 heteroatoms. The van der Waals surface area contributed by atoms with E-state index in [0.717, 1.165) is 31.2 Å². The Morgan fingerprint density at radius 2 is 2.10 bits per heavy atom. The standard InChI is InChI=1S/C22H24FN5O3/c1-14-3-2-4-18(23)21(14)28-11-16(9-26-28)20-19(10-24-13-25-20)31-12-15-5-7-17(8-6-15)27-22(29)30/h2-4,9-11,13,15,17,27H,5-8,12H2,1H3,(H,29,30)/t15-,17+. The quantitative estimate of drug-likeness (QED) is 0.619. The lowest BCUT2D eigenvalue weighted by Gasteiger charge is -2.28. The molecule has 3 aromatic rings. The Kier molecular flexibility index (Phi) is 6.11. The van der Waals surface area contributed by atoms with Crippen LogP contribution in [0.1, 0.15) is 31.2 Å². The SMILES string of the molecule is Cc1cccc(F)c1-n1cc(-c2ncncc2OC[C@H]2CC[C@@H](NC(=O)O)CC2)cn1. The van der Waals surface area contributed by atoms with Gasteiger partial charge >= 0.3 is 6.09 Å². The summed E-state index contributed by atoms with van der Waals surface area (Å²) >= 11 is 0. The minimum absolute atomic E-state index is 0.0112. The molecule has 0 radical (unpaired) electrons. The molecule has 0 spiro atoms. The number of halogens is 1.